The van der Waals surface area contributed by atoms with Gasteiger partial charge in [-0.3, -0.25) is 0 Å². The van der Waals surface area contributed by atoms with E-state index < -0.39 is 0 Å². The van der Waals surface area contributed by atoms with Gasteiger partial charge in [-0.1, -0.05) is 0 Å². The average molecular weight is 196 g/mol. The molecule has 0 spiro atoms. The number of hydrogen-bond acceptors (Lipinski definition) is 2. The molecule has 0 aromatic heterocycles. The fourth-order valence-corrected chi connectivity index (χ4v) is 3.21. The molecule has 0 saturated carbocycles. The van der Waals surface area contributed by atoms with Gasteiger partial charge in [0.1, 0.15) is 0 Å². The van der Waals surface area contributed by atoms with Gasteiger partial charge < -0.3 is 10.2 Å². The van der Waals surface area contributed by atoms with Gasteiger partial charge in [-0.2, -0.15) is 0 Å². The highest BCUT2D eigenvalue weighted by Crippen LogP contribution is 2.30. The lowest BCUT2D eigenvalue weighted by atomic mass is 9.83. The van der Waals surface area contributed by atoms with Crippen molar-refractivity contribution in [2.75, 3.05) is 26.7 Å². The van der Waals surface area contributed by atoms with E-state index in [4.69, 9.17) is 0 Å². The van der Waals surface area contributed by atoms with Gasteiger partial charge in [0.25, 0.3) is 0 Å². The van der Waals surface area contributed by atoms with Crippen molar-refractivity contribution in [3.8, 4) is 0 Å². The normalized spacial score (nSPS) is 40.3. The zero-order valence-corrected chi connectivity index (χ0v) is 9.68. The Balaban J connectivity index is 1.83. The number of nitrogens with one attached hydrogen (secondary N) is 1. The van der Waals surface area contributed by atoms with Crippen molar-refractivity contribution in [2.45, 2.75) is 44.6 Å². The topological polar surface area (TPSA) is 15.3 Å². The first-order valence-corrected chi connectivity index (χ1v) is 6.12. The van der Waals surface area contributed by atoms with Crippen molar-refractivity contribution < 1.29 is 0 Å². The molecule has 2 atom stereocenters. The minimum Gasteiger partial charge on any atom is -0.312 e. The second-order valence-electron chi connectivity index (χ2n) is 5.57. The van der Waals surface area contributed by atoms with Crippen LogP contribution in [0.5, 0.6) is 0 Å². The minimum atomic E-state index is 0.461. The molecule has 2 fully saturated rings. The minimum absolute atomic E-state index is 0.461. The largest absolute Gasteiger partial charge is 0.312 e. The van der Waals surface area contributed by atoms with Gasteiger partial charge in [0.15, 0.2) is 0 Å². The van der Waals surface area contributed by atoms with Crippen LogP contribution < -0.4 is 5.32 Å². The van der Waals surface area contributed by atoms with Crippen LogP contribution in [0, 0.1) is 5.92 Å². The predicted molar refractivity (Wildman–Crippen MR) is 60.5 cm³/mol. The Morgan fingerprint density at radius 3 is 2.93 bits per heavy atom. The first-order chi connectivity index (χ1) is 6.68. The van der Waals surface area contributed by atoms with E-state index in [9.17, 15) is 0 Å². The summed E-state index contributed by atoms with van der Waals surface area (Å²) in [5.74, 6) is 0.935. The molecule has 0 amide bonds. The molecule has 2 rings (SSSR count). The quantitative estimate of drug-likeness (QED) is 0.725. The van der Waals surface area contributed by atoms with E-state index in [-0.39, 0.29) is 0 Å². The molecule has 0 aromatic rings. The molecule has 14 heavy (non-hydrogen) atoms. The van der Waals surface area contributed by atoms with E-state index in [2.05, 4.69) is 24.2 Å². The first kappa shape index (κ1) is 10.4. The number of likely N-dealkylation sites (tertiary alicyclic amines) is 1. The van der Waals surface area contributed by atoms with Crippen LogP contribution in [0.15, 0.2) is 0 Å². The Bertz CT molecular complexity index is 185. The summed E-state index contributed by atoms with van der Waals surface area (Å²) in [6.45, 7) is 6.27. The van der Waals surface area contributed by atoms with E-state index >= 15 is 0 Å². The summed E-state index contributed by atoms with van der Waals surface area (Å²) in [6, 6.07) is 0. The van der Waals surface area contributed by atoms with Crippen molar-refractivity contribution in [2.24, 2.45) is 5.92 Å². The maximum Gasteiger partial charge on any atom is 0.0156 e. The molecule has 82 valence electrons. The second-order valence-corrected chi connectivity index (χ2v) is 5.57. The summed E-state index contributed by atoms with van der Waals surface area (Å²) in [4.78, 5) is 2.49. The third kappa shape index (κ3) is 2.48. The molecule has 1 N–H and O–H groups in total. The van der Waals surface area contributed by atoms with Crippen molar-refractivity contribution in [1.82, 2.24) is 10.2 Å². The highest BCUT2D eigenvalue weighted by molar-refractivity contribution is 4.91. The highest BCUT2D eigenvalue weighted by Gasteiger charge is 2.32. The summed E-state index contributed by atoms with van der Waals surface area (Å²) in [7, 11) is 2.26. The van der Waals surface area contributed by atoms with Gasteiger partial charge in [0, 0.05) is 12.1 Å². The van der Waals surface area contributed by atoms with Crippen molar-refractivity contribution in [3.05, 3.63) is 0 Å². The summed E-state index contributed by atoms with van der Waals surface area (Å²) >= 11 is 0. The molecule has 2 heterocycles. The number of hydrogen-bond donors (Lipinski definition) is 1. The van der Waals surface area contributed by atoms with Crippen LogP contribution in [0.3, 0.4) is 0 Å². The smallest absolute Gasteiger partial charge is 0.0156 e. The maximum atomic E-state index is 3.68. The summed E-state index contributed by atoms with van der Waals surface area (Å²) in [6.07, 6.45) is 6.99. The van der Waals surface area contributed by atoms with Crippen LogP contribution in [-0.2, 0) is 0 Å². The second kappa shape index (κ2) is 4.19. The number of piperidine rings is 1. The molecule has 0 aromatic carbocycles. The molecule has 0 bridgehead atoms. The summed E-state index contributed by atoms with van der Waals surface area (Å²) in [5.41, 5.74) is 0.461. The maximum absolute atomic E-state index is 3.68. The summed E-state index contributed by atoms with van der Waals surface area (Å²) in [5, 5.41) is 3.68. The number of nitrogens with zero attached hydrogens (tertiary/aromatic N) is 1. The van der Waals surface area contributed by atoms with Crippen LogP contribution in [0.4, 0.5) is 0 Å². The van der Waals surface area contributed by atoms with Crippen LogP contribution in [0.25, 0.3) is 0 Å². The SMILES string of the molecule is CN1CCCC(CC2(C)CCCN2)C1. The van der Waals surface area contributed by atoms with E-state index in [1.165, 1.54) is 51.7 Å². The molecule has 2 unspecified atom stereocenters. The molecule has 2 aliphatic heterocycles. The van der Waals surface area contributed by atoms with Crippen LogP contribution in [0.1, 0.15) is 39.0 Å². The zero-order chi connectivity index (χ0) is 10.0. The van der Waals surface area contributed by atoms with E-state index in [0.717, 1.165) is 5.92 Å². The van der Waals surface area contributed by atoms with E-state index in [0.29, 0.717) is 5.54 Å². The highest BCUT2D eigenvalue weighted by atomic mass is 15.1. The lowest BCUT2D eigenvalue weighted by Crippen LogP contribution is -2.42. The van der Waals surface area contributed by atoms with Crippen molar-refractivity contribution in [1.29, 1.82) is 0 Å². The van der Waals surface area contributed by atoms with Gasteiger partial charge in [-0.15, -0.1) is 0 Å². The van der Waals surface area contributed by atoms with Crippen LogP contribution >= 0.6 is 0 Å². The molecule has 2 saturated heterocycles. The van der Waals surface area contributed by atoms with Crippen LogP contribution in [-0.4, -0.2) is 37.1 Å². The molecule has 0 aliphatic carbocycles. The monoisotopic (exact) mass is 196 g/mol. The Labute approximate surface area is 88.1 Å². The lowest BCUT2D eigenvalue weighted by Gasteiger charge is -2.35. The molecular weight excluding hydrogens is 172 g/mol. The van der Waals surface area contributed by atoms with E-state index in [1.807, 2.05) is 0 Å². The van der Waals surface area contributed by atoms with Crippen molar-refractivity contribution in [3.63, 3.8) is 0 Å². The Morgan fingerprint density at radius 2 is 2.29 bits per heavy atom. The van der Waals surface area contributed by atoms with Gasteiger partial charge in [-0.25, -0.2) is 0 Å². The third-order valence-corrected chi connectivity index (χ3v) is 3.92. The average Bonchev–Trinajstić information content (AvgIpc) is 2.51. The predicted octanol–water partition coefficient (Wildman–Crippen LogP) is 1.86. The zero-order valence-electron chi connectivity index (χ0n) is 9.68. The van der Waals surface area contributed by atoms with Gasteiger partial charge in [-0.05, 0) is 65.1 Å². The molecule has 0 radical (unpaired) electrons. The molecular formula is C12H24N2. The Hall–Kier alpha value is -0.0800. The fraction of sp³-hybridized carbons (Fsp3) is 1.00. The Kier molecular flexibility index (Phi) is 3.13. The third-order valence-electron chi connectivity index (χ3n) is 3.92. The standard InChI is InChI=1S/C12H24N2/c1-12(6-4-7-13-12)9-11-5-3-8-14(2)10-11/h11,13H,3-10H2,1-2H3. The first-order valence-electron chi connectivity index (χ1n) is 6.12. The fourth-order valence-electron chi connectivity index (χ4n) is 3.21. The molecule has 2 heteroatoms. The van der Waals surface area contributed by atoms with Gasteiger partial charge in [0.05, 0.1) is 0 Å². The number of rotatable bonds is 2. The Morgan fingerprint density at radius 1 is 1.43 bits per heavy atom. The van der Waals surface area contributed by atoms with Crippen molar-refractivity contribution >= 4 is 0 Å². The van der Waals surface area contributed by atoms with E-state index in [1.54, 1.807) is 0 Å². The van der Waals surface area contributed by atoms with Gasteiger partial charge in [0.2, 0.25) is 0 Å². The molecule has 2 nitrogen and oxygen atoms in total. The van der Waals surface area contributed by atoms with Crippen LogP contribution in [0.2, 0.25) is 0 Å². The summed E-state index contributed by atoms with van der Waals surface area (Å²) < 4.78 is 0. The van der Waals surface area contributed by atoms with Gasteiger partial charge >= 0.3 is 0 Å². The lowest BCUT2D eigenvalue weighted by molar-refractivity contribution is 0.172. The molecule has 2 aliphatic rings.